The summed E-state index contributed by atoms with van der Waals surface area (Å²) in [6, 6.07) is 11.7. The Bertz CT molecular complexity index is 981. The van der Waals surface area contributed by atoms with Crippen LogP contribution in [0.3, 0.4) is 0 Å². The average molecular weight is 363 g/mol. The Morgan fingerprint density at radius 1 is 0.926 bits per heavy atom. The van der Waals surface area contributed by atoms with E-state index in [0.29, 0.717) is 5.92 Å². The molecular weight excluding hydrogens is 344 g/mol. The molecule has 0 radical (unpaired) electrons. The first kappa shape index (κ1) is 16.5. The fourth-order valence-electron chi connectivity index (χ4n) is 4.87. The van der Waals surface area contributed by atoms with Gasteiger partial charge in [-0.3, -0.25) is 4.98 Å². The predicted octanol–water partition coefficient (Wildman–Crippen LogP) is 5.16. The van der Waals surface area contributed by atoms with Gasteiger partial charge in [-0.15, -0.1) is 5.10 Å². The number of aromatic nitrogens is 3. The van der Waals surface area contributed by atoms with E-state index in [1.807, 2.05) is 24.4 Å². The Morgan fingerprint density at radius 2 is 1.78 bits per heavy atom. The molecule has 0 N–H and O–H groups in total. The minimum Gasteiger partial charge on any atom is -0.260 e. The summed E-state index contributed by atoms with van der Waals surface area (Å²) >= 11 is 0. The van der Waals surface area contributed by atoms with E-state index in [-0.39, 0.29) is 16.7 Å². The van der Waals surface area contributed by atoms with Crippen molar-refractivity contribution in [2.24, 2.45) is 0 Å². The summed E-state index contributed by atoms with van der Waals surface area (Å²) in [5.74, 6) is -0.853. The third-order valence-electron chi connectivity index (χ3n) is 6.17. The molecule has 1 aromatic carbocycles. The average Bonchev–Trinajstić information content (AvgIpc) is 3.01. The summed E-state index contributed by atoms with van der Waals surface area (Å²) in [6.45, 7) is 0. The maximum atomic E-state index is 14.3. The minimum absolute atomic E-state index is 0.0974. The summed E-state index contributed by atoms with van der Waals surface area (Å²) in [4.78, 5) is 4.63. The van der Waals surface area contributed by atoms with Crippen LogP contribution < -0.4 is 0 Å². The Kier molecular flexibility index (Phi) is 3.78. The molecule has 3 aromatic rings. The number of benzene rings is 1. The monoisotopic (exact) mass is 363 g/mol. The van der Waals surface area contributed by atoms with Gasteiger partial charge in [0.05, 0.1) is 28.1 Å². The molecule has 136 valence electrons. The van der Waals surface area contributed by atoms with Gasteiger partial charge in [-0.05, 0) is 67.5 Å². The molecule has 2 bridgehead atoms. The lowest BCUT2D eigenvalue weighted by Gasteiger charge is -2.37. The molecular formula is C22H19F2N3. The van der Waals surface area contributed by atoms with Crippen molar-refractivity contribution in [3.05, 3.63) is 77.2 Å². The fraction of sp³-hybridized carbons (Fsp3) is 0.318. The molecule has 2 aromatic heterocycles. The first-order valence-corrected chi connectivity index (χ1v) is 9.43. The molecule has 1 saturated carbocycles. The summed E-state index contributed by atoms with van der Waals surface area (Å²) in [7, 11) is 0. The number of hydrogen-bond donors (Lipinski definition) is 0. The van der Waals surface area contributed by atoms with Crippen LogP contribution >= 0.6 is 0 Å². The first-order valence-electron chi connectivity index (χ1n) is 9.43. The van der Waals surface area contributed by atoms with E-state index in [0.717, 1.165) is 49.1 Å². The van der Waals surface area contributed by atoms with Crippen LogP contribution in [0.5, 0.6) is 0 Å². The van der Waals surface area contributed by atoms with E-state index in [1.165, 1.54) is 18.2 Å². The third kappa shape index (κ3) is 2.48. The van der Waals surface area contributed by atoms with Crippen molar-refractivity contribution in [1.82, 2.24) is 15.2 Å². The van der Waals surface area contributed by atoms with Gasteiger partial charge in [-0.1, -0.05) is 18.6 Å². The lowest BCUT2D eigenvalue weighted by atomic mass is 9.68. The smallest absolute Gasteiger partial charge is 0.135 e. The van der Waals surface area contributed by atoms with Gasteiger partial charge in [0, 0.05) is 6.20 Å². The lowest BCUT2D eigenvalue weighted by Crippen LogP contribution is -2.34. The van der Waals surface area contributed by atoms with Crippen LogP contribution in [0.25, 0.3) is 11.3 Å². The maximum absolute atomic E-state index is 14.3. The standard InChI is InChI=1S/C22H19F2N3/c23-16-6-3-7-17(24)20(16)18-13-15-14-5-4-10-22(11-9-14,21(15)27-26-18)19-8-1-2-12-25-19/h1-3,6-8,12-14H,4-5,9-11H2/t14-,22+/m0/s1. The Labute approximate surface area is 156 Å². The van der Waals surface area contributed by atoms with Gasteiger partial charge < -0.3 is 0 Å². The molecule has 0 unspecified atom stereocenters. The zero-order valence-corrected chi connectivity index (χ0v) is 14.8. The second-order valence-electron chi connectivity index (χ2n) is 7.56. The van der Waals surface area contributed by atoms with Crippen LogP contribution in [-0.4, -0.2) is 15.2 Å². The number of nitrogens with zero attached hydrogens (tertiary/aromatic N) is 3. The van der Waals surface area contributed by atoms with Crippen LogP contribution in [0, 0.1) is 11.6 Å². The zero-order valence-electron chi connectivity index (χ0n) is 14.8. The van der Waals surface area contributed by atoms with E-state index in [4.69, 9.17) is 0 Å². The van der Waals surface area contributed by atoms with Crippen molar-refractivity contribution in [3.63, 3.8) is 0 Å². The molecule has 0 amide bonds. The molecule has 3 nitrogen and oxygen atoms in total. The van der Waals surface area contributed by atoms with Gasteiger partial charge >= 0.3 is 0 Å². The summed E-state index contributed by atoms with van der Waals surface area (Å²) < 4.78 is 28.5. The molecule has 2 atom stereocenters. The fourth-order valence-corrected chi connectivity index (χ4v) is 4.87. The molecule has 0 spiro atoms. The minimum atomic E-state index is -0.609. The Balaban J connectivity index is 1.71. The number of fused-ring (bicyclic) bond motifs is 3. The second kappa shape index (κ2) is 6.19. The highest BCUT2D eigenvalue weighted by Gasteiger charge is 2.46. The van der Waals surface area contributed by atoms with Crippen molar-refractivity contribution < 1.29 is 8.78 Å². The van der Waals surface area contributed by atoms with Gasteiger partial charge in [0.15, 0.2) is 0 Å². The van der Waals surface area contributed by atoms with Gasteiger partial charge in [0.2, 0.25) is 0 Å². The second-order valence-corrected chi connectivity index (χ2v) is 7.56. The number of pyridine rings is 1. The van der Waals surface area contributed by atoms with Gasteiger partial charge in [-0.2, -0.15) is 5.10 Å². The number of rotatable bonds is 2. The van der Waals surface area contributed by atoms with Gasteiger partial charge in [-0.25, -0.2) is 8.78 Å². The van der Waals surface area contributed by atoms with Crippen molar-refractivity contribution in [3.8, 4) is 11.3 Å². The maximum Gasteiger partial charge on any atom is 0.135 e. The molecule has 0 aliphatic heterocycles. The molecule has 0 saturated heterocycles. The summed E-state index contributed by atoms with van der Waals surface area (Å²) in [5, 5.41) is 8.80. The largest absolute Gasteiger partial charge is 0.260 e. The van der Waals surface area contributed by atoms with Gasteiger partial charge in [0.25, 0.3) is 0 Å². The van der Waals surface area contributed by atoms with E-state index in [2.05, 4.69) is 21.2 Å². The molecule has 5 heteroatoms. The quantitative estimate of drug-likeness (QED) is 0.631. The highest BCUT2D eigenvalue weighted by atomic mass is 19.1. The Hall–Kier alpha value is -2.69. The number of hydrogen-bond acceptors (Lipinski definition) is 3. The highest BCUT2D eigenvalue weighted by Crippen LogP contribution is 2.53. The zero-order chi connectivity index (χ0) is 18.4. The van der Waals surface area contributed by atoms with Gasteiger partial charge in [0.1, 0.15) is 11.6 Å². The van der Waals surface area contributed by atoms with E-state index >= 15 is 0 Å². The summed E-state index contributed by atoms with van der Waals surface area (Å²) in [6.07, 6.45) is 6.97. The molecule has 3 aliphatic carbocycles. The topological polar surface area (TPSA) is 38.7 Å². The van der Waals surface area contributed by atoms with E-state index in [9.17, 15) is 8.78 Å². The lowest BCUT2D eigenvalue weighted by molar-refractivity contribution is 0.390. The highest BCUT2D eigenvalue weighted by molar-refractivity contribution is 5.62. The molecule has 3 aliphatic rings. The predicted molar refractivity (Wildman–Crippen MR) is 98.2 cm³/mol. The molecule has 6 rings (SSSR count). The van der Waals surface area contributed by atoms with Crippen LogP contribution in [0.4, 0.5) is 8.78 Å². The normalized spacial score (nSPS) is 23.7. The van der Waals surface area contributed by atoms with Crippen molar-refractivity contribution in [1.29, 1.82) is 0 Å². The van der Waals surface area contributed by atoms with Crippen LogP contribution in [0.15, 0.2) is 48.7 Å². The van der Waals surface area contributed by atoms with Crippen molar-refractivity contribution >= 4 is 0 Å². The van der Waals surface area contributed by atoms with E-state index < -0.39 is 11.6 Å². The number of halogens is 2. The van der Waals surface area contributed by atoms with Crippen LogP contribution in [-0.2, 0) is 5.41 Å². The van der Waals surface area contributed by atoms with Crippen molar-refractivity contribution in [2.75, 3.05) is 0 Å². The van der Waals surface area contributed by atoms with Crippen LogP contribution in [0.2, 0.25) is 0 Å². The van der Waals surface area contributed by atoms with Crippen LogP contribution in [0.1, 0.15) is 55.0 Å². The summed E-state index contributed by atoms with van der Waals surface area (Å²) in [5.41, 5.74) is 2.97. The molecule has 27 heavy (non-hydrogen) atoms. The van der Waals surface area contributed by atoms with E-state index in [1.54, 1.807) is 0 Å². The Morgan fingerprint density at radius 3 is 2.56 bits per heavy atom. The SMILES string of the molecule is Fc1cccc(F)c1-c1cc2c(nn1)[C@]1(c3ccccn3)CCC[C@H]2CC1. The molecule has 2 heterocycles. The third-order valence-corrected chi connectivity index (χ3v) is 6.17. The van der Waals surface area contributed by atoms with Crippen molar-refractivity contribution in [2.45, 2.75) is 43.4 Å². The molecule has 1 fully saturated rings. The first-order chi connectivity index (χ1) is 13.2.